The van der Waals surface area contributed by atoms with E-state index in [-0.39, 0.29) is 24.3 Å². The zero-order valence-corrected chi connectivity index (χ0v) is 15.0. The van der Waals surface area contributed by atoms with E-state index in [1.165, 1.54) is 0 Å². The molecule has 2 aromatic rings. The van der Waals surface area contributed by atoms with Crippen LogP contribution in [-0.2, 0) is 9.59 Å². The molecule has 1 heterocycles. The topological polar surface area (TPSA) is 76.7 Å². The van der Waals surface area contributed by atoms with Crippen LogP contribution in [0.25, 0.3) is 0 Å². The summed E-state index contributed by atoms with van der Waals surface area (Å²) in [5.74, 6) is 0.697. The number of benzene rings is 2. The quantitative estimate of drug-likeness (QED) is 0.865. The van der Waals surface area contributed by atoms with Crippen LogP contribution in [0.1, 0.15) is 30.5 Å². The number of methoxy groups -OCH3 is 1. The van der Waals surface area contributed by atoms with Gasteiger partial charge in [-0.3, -0.25) is 9.59 Å². The summed E-state index contributed by atoms with van der Waals surface area (Å²) in [6.07, 6.45) is -0.907. The molecule has 2 atom stereocenters. The van der Waals surface area contributed by atoms with Crippen LogP contribution in [-0.4, -0.2) is 25.0 Å². The van der Waals surface area contributed by atoms with Gasteiger partial charge in [-0.2, -0.15) is 0 Å². The molecule has 0 saturated carbocycles. The third-order valence-corrected chi connectivity index (χ3v) is 4.31. The first-order chi connectivity index (χ1) is 12.5. The molecule has 0 bridgehead atoms. The van der Waals surface area contributed by atoms with E-state index in [2.05, 4.69) is 10.6 Å². The summed E-state index contributed by atoms with van der Waals surface area (Å²) in [6, 6.07) is 12.7. The minimum atomic E-state index is -0.850. The van der Waals surface area contributed by atoms with E-state index in [9.17, 15) is 9.59 Å². The average Bonchev–Trinajstić information content (AvgIpc) is 2.62. The van der Waals surface area contributed by atoms with E-state index < -0.39 is 6.10 Å². The predicted molar refractivity (Wildman–Crippen MR) is 98.4 cm³/mol. The van der Waals surface area contributed by atoms with E-state index in [1.54, 1.807) is 19.2 Å². The molecular weight excluding hydrogens is 332 g/mol. The van der Waals surface area contributed by atoms with Gasteiger partial charge in [-0.15, -0.1) is 0 Å². The number of carbonyl (C=O) groups is 2. The maximum atomic E-state index is 12.4. The highest BCUT2D eigenvalue weighted by atomic mass is 16.5. The molecule has 0 fully saturated rings. The van der Waals surface area contributed by atoms with E-state index in [1.807, 2.05) is 44.2 Å². The van der Waals surface area contributed by atoms with Crippen LogP contribution < -0.4 is 20.1 Å². The lowest BCUT2D eigenvalue weighted by molar-refractivity contribution is -0.130. The normalized spacial score (nSPS) is 16.7. The van der Waals surface area contributed by atoms with Crippen LogP contribution in [0.15, 0.2) is 42.5 Å². The van der Waals surface area contributed by atoms with Crippen molar-refractivity contribution in [3.63, 3.8) is 0 Å². The number of anilines is 1. The SMILES string of the molecule is COc1ccc(C)cc1[C@@H](C)NC(=O)C[C@@H]1Oc2ccccc2NC1=O. The first kappa shape index (κ1) is 17.8. The Balaban J connectivity index is 1.66. The van der Waals surface area contributed by atoms with Gasteiger partial charge in [-0.25, -0.2) is 0 Å². The van der Waals surface area contributed by atoms with Crippen molar-refractivity contribution in [1.82, 2.24) is 5.32 Å². The zero-order valence-electron chi connectivity index (χ0n) is 15.0. The molecule has 2 amide bonds. The fourth-order valence-corrected chi connectivity index (χ4v) is 2.97. The summed E-state index contributed by atoms with van der Waals surface area (Å²) in [5, 5.41) is 5.67. The van der Waals surface area contributed by atoms with Crippen molar-refractivity contribution in [2.24, 2.45) is 0 Å². The van der Waals surface area contributed by atoms with Gasteiger partial charge in [0.25, 0.3) is 5.91 Å². The second-order valence-electron chi connectivity index (χ2n) is 6.33. The Morgan fingerprint density at radius 2 is 2.08 bits per heavy atom. The first-order valence-electron chi connectivity index (χ1n) is 8.48. The van der Waals surface area contributed by atoms with Gasteiger partial charge in [0.05, 0.1) is 25.3 Å². The first-order valence-corrected chi connectivity index (χ1v) is 8.48. The summed E-state index contributed by atoms with van der Waals surface area (Å²) < 4.78 is 11.0. The van der Waals surface area contributed by atoms with Gasteiger partial charge >= 0.3 is 0 Å². The molecular formula is C20H22N2O4. The van der Waals surface area contributed by atoms with Gasteiger partial charge in [-0.05, 0) is 32.0 Å². The van der Waals surface area contributed by atoms with Crippen molar-refractivity contribution < 1.29 is 19.1 Å². The molecule has 0 unspecified atom stereocenters. The maximum Gasteiger partial charge on any atom is 0.266 e. The Hall–Kier alpha value is -3.02. The van der Waals surface area contributed by atoms with Gasteiger partial charge in [0.15, 0.2) is 6.10 Å². The molecule has 2 N–H and O–H groups in total. The molecule has 3 rings (SSSR count). The van der Waals surface area contributed by atoms with Crippen molar-refractivity contribution >= 4 is 17.5 Å². The number of amides is 2. The van der Waals surface area contributed by atoms with Crippen molar-refractivity contribution in [2.45, 2.75) is 32.4 Å². The van der Waals surface area contributed by atoms with E-state index in [0.717, 1.165) is 11.1 Å². The molecule has 136 valence electrons. The highest BCUT2D eigenvalue weighted by Gasteiger charge is 2.30. The van der Waals surface area contributed by atoms with Gasteiger partial charge < -0.3 is 20.1 Å². The largest absolute Gasteiger partial charge is 0.496 e. The molecule has 2 aromatic carbocycles. The number of hydrogen-bond acceptors (Lipinski definition) is 4. The van der Waals surface area contributed by atoms with Gasteiger partial charge in [-0.1, -0.05) is 29.8 Å². The Morgan fingerprint density at radius 3 is 2.85 bits per heavy atom. The standard InChI is InChI=1S/C20H22N2O4/c1-12-8-9-16(25-3)14(10-12)13(2)21-19(23)11-18-20(24)22-15-6-4-5-7-17(15)26-18/h4-10,13,18H,11H2,1-3H3,(H,21,23)(H,22,24)/t13-,18+/m1/s1. The second kappa shape index (κ2) is 7.47. The molecule has 26 heavy (non-hydrogen) atoms. The highest BCUT2D eigenvalue weighted by Crippen LogP contribution is 2.30. The third kappa shape index (κ3) is 3.79. The lowest BCUT2D eigenvalue weighted by Gasteiger charge is -2.26. The van der Waals surface area contributed by atoms with Crippen LogP contribution in [0.3, 0.4) is 0 Å². The number of fused-ring (bicyclic) bond motifs is 1. The lowest BCUT2D eigenvalue weighted by Crippen LogP contribution is -2.41. The monoisotopic (exact) mass is 354 g/mol. The second-order valence-corrected chi connectivity index (χ2v) is 6.33. The molecule has 1 aliphatic rings. The van der Waals surface area contributed by atoms with Crippen molar-refractivity contribution in [3.8, 4) is 11.5 Å². The van der Waals surface area contributed by atoms with Crippen LogP contribution in [0.5, 0.6) is 11.5 Å². The molecule has 0 radical (unpaired) electrons. The number of rotatable bonds is 5. The van der Waals surface area contributed by atoms with Crippen molar-refractivity contribution in [2.75, 3.05) is 12.4 Å². The van der Waals surface area contributed by atoms with Crippen LogP contribution in [0.2, 0.25) is 0 Å². The number of carbonyl (C=O) groups excluding carboxylic acids is 2. The summed E-state index contributed by atoms with van der Waals surface area (Å²) in [6.45, 7) is 3.86. The number of nitrogens with one attached hydrogen (secondary N) is 2. The van der Waals surface area contributed by atoms with E-state index in [0.29, 0.717) is 17.2 Å². The van der Waals surface area contributed by atoms with Crippen molar-refractivity contribution in [3.05, 3.63) is 53.6 Å². The smallest absolute Gasteiger partial charge is 0.266 e. The molecule has 0 aromatic heterocycles. The Morgan fingerprint density at radius 1 is 1.31 bits per heavy atom. The van der Waals surface area contributed by atoms with E-state index >= 15 is 0 Å². The minimum Gasteiger partial charge on any atom is -0.496 e. The van der Waals surface area contributed by atoms with Gasteiger partial charge in [0, 0.05) is 5.56 Å². The highest BCUT2D eigenvalue weighted by molar-refractivity contribution is 5.99. The number of hydrogen-bond donors (Lipinski definition) is 2. The van der Waals surface area contributed by atoms with Gasteiger partial charge in [0.2, 0.25) is 5.91 Å². The van der Waals surface area contributed by atoms with Crippen LogP contribution in [0.4, 0.5) is 5.69 Å². The summed E-state index contributed by atoms with van der Waals surface area (Å²) >= 11 is 0. The fraction of sp³-hybridized carbons (Fsp3) is 0.300. The molecule has 6 nitrogen and oxygen atoms in total. The zero-order chi connectivity index (χ0) is 18.7. The summed E-state index contributed by atoms with van der Waals surface area (Å²) in [5.41, 5.74) is 2.58. The molecule has 1 aliphatic heterocycles. The number of para-hydroxylation sites is 2. The molecule has 6 heteroatoms. The molecule has 0 aliphatic carbocycles. The maximum absolute atomic E-state index is 12.4. The van der Waals surface area contributed by atoms with Crippen molar-refractivity contribution in [1.29, 1.82) is 0 Å². The Labute approximate surface area is 152 Å². The van der Waals surface area contributed by atoms with Gasteiger partial charge in [0.1, 0.15) is 11.5 Å². The minimum absolute atomic E-state index is 0.0569. The summed E-state index contributed by atoms with van der Waals surface area (Å²) in [7, 11) is 1.60. The van der Waals surface area contributed by atoms with Crippen LogP contribution in [0, 0.1) is 6.92 Å². The molecule has 0 saturated heterocycles. The fourth-order valence-electron chi connectivity index (χ4n) is 2.97. The average molecular weight is 354 g/mol. The van der Waals surface area contributed by atoms with Crippen LogP contribution >= 0.6 is 0 Å². The van der Waals surface area contributed by atoms with E-state index in [4.69, 9.17) is 9.47 Å². The predicted octanol–water partition coefficient (Wildman–Crippen LogP) is 2.97. The Bertz CT molecular complexity index is 834. The Kier molecular flexibility index (Phi) is 5.11. The number of ether oxygens (including phenoxy) is 2. The lowest BCUT2D eigenvalue weighted by atomic mass is 10.0. The molecule has 0 spiro atoms. The summed E-state index contributed by atoms with van der Waals surface area (Å²) in [4.78, 5) is 24.6. The third-order valence-electron chi connectivity index (χ3n) is 4.31. The number of aryl methyl sites for hydroxylation is 1.